The van der Waals surface area contributed by atoms with Crippen LogP contribution in [-0.2, 0) is 15.6 Å². The van der Waals surface area contributed by atoms with Crippen LogP contribution in [0.3, 0.4) is 0 Å². The van der Waals surface area contributed by atoms with Gasteiger partial charge in [-0.3, -0.25) is 13.8 Å². The first-order valence-electron chi connectivity index (χ1n) is 7.45. The first kappa shape index (κ1) is 15.2. The highest BCUT2D eigenvalue weighted by molar-refractivity contribution is 7.87. The molecule has 1 unspecified atom stereocenters. The molecule has 0 bridgehead atoms. The van der Waals surface area contributed by atoms with Crippen molar-refractivity contribution in [2.75, 3.05) is 25.9 Å². The topological polar surface area (TPSA) is 57.7 Å². The fourth-order valence-corrected chi connectivity index (χ4v) is 5.04. The zero-order chi connectivity index (χ0) is 15.9. The van der Waals surface area contributed by atoms with Crippen LogP contribution in [0.15, 0.2) is 24.3 Å². The van der Waals surface area contributed by atoms with Crippen LogP contribution >= 0.6 is 0 Å². The van der Waals surface area contributed by atoms with E-state index in [0.29, 0.717) is 31.5 Å². The number of likely N-dealkylation sites (tertiary alicyclic amines) is 1. The molecular weight excluding hydrogens is 300 g/mol. The van der Waals surface area contributed by atoms with Crippen molar-refractivity contribution in [3.8, 4) is 0 Å². The molecule has 22 heavy (non-hydrogen) atoms. The van der Waals surface area contributed by atoms with Crippen LogP contribution in [-0.4, -0.2) is 56.6 Å². The van der Waals surface area contributed by atoms with Crippen molar-refractivity contribution in [2.45, 2.75) is 24.6 Å². The van der Waals surface area contributed by atoms with E-state index < -0.39 is 15.7 Å². The lowest BCUT2D eigenvalue weighted by Gasteiger charge is -2.42. The molecule has 0 aliphatic carbocycles. The molecule has 1 atom stereocenters. The molecule has 2 aliphatic heterocycles. The van der Waals surface area contributed by atoms with E-state index >= 15 is 0 Å². The molecular formula is C16H20N2O3S. The maximum absolute atomic E-state index is 12.6. The summed E-state index contributed by atoms with van der Waals surface area (Å²) in [5.41, 5.74) is 1.74. The van der Waals surface area contributed by atoms with Crippen molar-refractivity contribution in [3.63, 3.8) is 0 Å². The number of carbonyl (C=O) groups excluding carboxylic acids is 2. The number of carbonyl (C=O) groups is 2. The van der Waals surface area contributed by atoms with Gasteiger partial charge in [-0.1, -0.05) is 17.7 Å². The fourth-order valence-electron chi connectivity index (χ4n) is 3.31. The van der Waals surface area contributed by atoms with E-state index in [-0.39, 0.29) is 17.6 Å². The van der Waals surface area contributed by atoms with Gasteiger partial charge in [-0.05, 0) is 19.1 Å². The average molecular weight is 320 g/mol. The molecule has 2 amide bonds. The van der Waals surface area contributed by atoms with E-state index in [1.54, 1.807) is 16.8 Å². The van der Waals surface area contributed by atoms with E-state index in [4.69, 9.17) is 0 Å². The molecule has 0 saturated carbocycles. The van der Waals surface area contributed by atoms with Crippen molar-refractivity contribution >= 4 is 22.6 Å². The predicted molar refractivity (Wildman–Crippen MR) is 84.8 cm³/mol. The summed E-state index contributed by atoms with van der Waals surface area (Å²) in [6.07, 6.45) is 1.17. The zero-order valence-corrected chi connectivity index (χ0v) is 13.7. The molecule has 1 aromatic rings. The molecule has 2 heterocycles. The minimum absolute atomic E-state index is 0.0105. The van der Waals surface area contributed by atoms with Gasteiger partial charge in [0.15, 0.2) is 0 Å². The largest absolute Gasteiger partial charge is 0.338 e. The van der Waals surface area contributed by atoms with Crippen LogP contribution in [0.5, 0.6) is 0 Å². The molecule has 2 fully saturated rings. The minimum atomic E-state index is -1.17. The summed E-state index contributed by atoms with van der Waals surface area (Å²) >= 11 is 0. The third-order valence-electron chi connectivity index (χ3n) is 4.76. The number of hydrogen-bond acceptors (Lipinski definition) is 3. The second kappa shape index (κ2) is 5.50. The van der Waals surface area contributed by atoms with Gasteiger partial charge in [0.25, 0.3) is 5.91 Å². The Morgan fingerprint density at radius 1 is 1.27 bits per heavy atom. The number of benzene rings is 1. The fraction of sp³-hybridized carbons (Fsp3) is 0.500. The summed E-state index contributed by atoms with van der Waals surface area (Å²) in [5.74, 6) is 0.0654. The molecule has 1 aromatic carbocycles. The van der Waals surface area contributed by atoms with E-state index in [9.17, 15) is 13.8 Å². The Morgan fingerprint density at radius 3 is 2.50 bits per heavy atom. The second-order valence-electron chi connectivity index (χ2n) is 6.05. The molecule has 3 rings (SSSR count). The lowest BCUT2D eigenvalue weighted by atomic mass is 10.0. The van der Waals surface area contributed by atoms with E-state index in [1.807, 2.05) is 31.2 Å². The zero-order valence-electron chi connectivity index (χ0n) is 12.9. The lowest BCUT2D eigenvalue weighted by Crippen LogP contribution is -2.54. The molecule has 6 heteroatoms. The molecule has 118 valence electrons. The maximum atomic E-state index is 12.6. The number of amides is 2. The van der Waals surface area contributed by atoms with E-state index in [0.717, 1.165) is 5.56 Å². The van der Waals surface area contributed by atoms with Crippen molar-refractivity contribution in [1.82, 2.24) is 9.80 Å². The molecule has 0 radical (unpaired) electrons. The summed E-state index contributed by atoms with van der Waals surface area (Å²) < 4.78 is 12.3. The molecule has 0 N–H and O–H groups in total. The van der Waals surface area contributed by atoms with E-state index in [2.05, 4.69) is 0 Å². The number of rotatable bonds is 1. The van der Waals surface area contributed by atoms with Crippen LogP contribution in [0.2, 0.25) is 0 Å². The molecule has 0 aromatic heterocycles. The second-order valence-corrected chi connectivity index (χ2v) is 7.79. The molecule has 5 nitrogen and oxygen atoms in total. The first-order valence-corrected chi connectivity index (χ1v) is 8.77. The summed E-state index contributed by atoms with van der Waals surface area (Å²) in [6.45, 7) is 3.04. The van der Waals surface area contributed by atoms with Gasteiger partial charge < -0.3 is 9.80 Å². The van der Waals surface area contributed by atoms with Crippen LogP contribution < -0.4 is 0 Å². The van der Waals surface area contributed by atoms with Gasteiger partial charge in [-0.25, -0.2) is 0 Å². The van der Waals surface area contributed by atoms with Gasteiger partial charge in [0.2, 0.25) is 5.91 Å². The highest BCUT2D eigenvalue weighted by Gasteiger charge is 2.51. The Bertz CT molecular complexity index is 651. The quantitative estimate of drug-likeness (QED) is 0.780. The Balaban J connectivity index is 1.73. The van der Waals surface area contributed by atoms with E-state index in [1.165, 1.54) is 0 Å². The van der Waals surface area contributed by atoms with Gasteiger partial charge in [0, 0.05) is 38.5 Å². The third kappa shape index (κ3) is 2.35. The lowest BCUT2D eigenvalue weighted by molar-refractivity contribution is -0.129. The Morgan fingerprint density at radius 2 is 1.95 bits per heavy atom. The van der Waals surface area contributed by atoms with Crippen molar-refractivity contribution < 1.29 is 13.8 Å². The number of piperidine rings is 1. The highest BCUT2D eigenvalue weighted by Crippen LogP contribution is 2.36. The van der Waals surface area contributed by atoms with Crippen LogP contribution in [0.25, 0.3) is 0 Å². The molecule has 2 saturated heterocycles. The van der Waals surface area contributed by atoms with Crippen LogP contribution in [0, 0.1) is 6.92 Å². The first-order chi connectivity index (χ1) is 10.4. The number of hydrogen-bond donors (Lipinski definition) is 0. The van der Waals surface area contributed by atoms with Crippen LogP contribution in [0.1, 0.15) is 28.8 Å². The summed E-state index contributed by atoms with van der Waals surface area (Å²) in [7, 11) is 0.561. The van der Waals surface area contributed by atoms with Gasteiger partial charge >= 0.3 is 0 Å². The van der Waals surface area contributed by atoms with Crippen LogP contribution in [0.4, 0.5) is 0 Å². The average Bonchev–Trinajstić information content (AvgIpc) is 2.72. The predicted octanol–water partition coefficient (Wildman–Crippen LogP) is 1.15. The SMILES string of the molecule is Cc1cccc(C(=O)N2CCC3(CC2)N(C)C(=O)CS3=O)c1. The molecule has 2 aliphatic rings. The monoisotopic (exact) mass is 320 g/mol. The van der Waals surface area contributed by atoms with Crippen molar-refractivity contribution in [2.24, 2.45) is 0 Å². The molecule has 1 spiro atoms. The Kier molecular flexibility index (Phi) is 3.80. The van der Waals surface area contributed by atoms with Gasteiger partial charge in [0.05, 0.1) is 10.8 Å². The normalized spacial score (nSPS) is 24.1. The smallest absolute Gasteiger partial charge is 0.253 e. The third-order valence-corrected chi connectivity index (χ3v) is 6.80. The Labute approximate surface area is 132 Å². The number of aryl methyl sites for hydroxylation is 1. The van der Waals surface area contributed by atoms with Crippen molar-refractivity contribution in [1.29, 1.82) is 0 Å². The van der Waals surface area contributed by atoms with Gasteiger partial charge in [0.1, 0.15) is 10.6 Å². The Hall–Kier alpha value is -1.69. The standard InChI is InChI=1S/C16H20N2O3S/c1-12-4-3-5-13(10-12)15(20)18-8-6-16(7-9-18)17(2)14(19)11-22(16)21/h3-5,10H,6-9,11H2,1-2H3. The number of nitrogens with zero attached hydrogens (tertiary/aromatic N) is 2. The summed E-state index contributed by atoms with van der Waals surface area (Å²) in [4.78, 5) is 27.2. The summed E-state index contributed by atoms with van der Waals surface area (Å²) in [5, 5.41) is 0. The van der Waals surface area contributed by atoms with Crippen molar-refractivity contribution in [3.05, 3.63) is 35.4 Å². The maximum Gasteiger partial charge on any atom is 0.253 e. The summed E-state index contributed by atoms with van der Waals surface area (Å²) in [6, 6.07) is 7.55. The van der Waals surface area contributed by atoms with Gasteiger partial charge in [-0.2, -0.15) is 0 Å². The minimum Gasteiger partial charge on any atom is -0.338 e. The highest BCUT2D eigenvalue weighted by atomic mass is 32.2. The van der Waals surface area contributed by atoms with Gasteiger partial charge in [-0.15, -0.1) is 0 Å².